The highest BCUT2D eigenvalue weighted by Gasteiger charge is 2.23. The second kappa shape index (κ2) is 11.7. The van der Waals surface area contributed by atoms with Gasteiger partial charge in [0.15, 0.2) is 11.5 Å². The van der Waals surface area contributed by atoms with Gasteiger partial charge in [-0.1, -0.05) is 43.7 Å². The van der Waals surface area contributed by atoms with Crippen molar-refractivity contribution >= 4 is 17.6 Å². The molecule has 9 heteroatoms. The molecule has 0 fully saturated rings. The maximum atomic E-state index is 13.4. The van der Waals surface area contributed by atoms with Gasteiger partial charge in [0.2, 0.25) is 12.7 Å². The number of rotatable bonds is 10. The number of fused-ring (bicyclic) bond motifs is 1. The van der Waals surface area contributed by atoms with Gasteiger partial charge in [-0.15, -0.1) is 0 Å². The summed E-state index contributed by atoms with van der Waals surface area (Å²) in [6, 6.07) is 24.0. The maximum Gasteiger partial charge on any atom is 0.254 e. The van der Waals surface area contributed by atoms with Crippen molar-refractivity contribution in [2.24, 2.45) is 0 Å². The fraction of sp³-hybridized carbons (Fsp3) is 0.233. The molecule has 0 spiro atoms. The standard InChI is InChI=1S/C30H30N4O5/c1-3-4-16-33(30(36)22-10-15-26-27(17-22)39-20-38-26)19-29(35)31-28-18-25(21-8-6-5-7-9-21)32-34(28)23-11-13-24(37-2)14-12-23/h5-15,17-18H,3-4,16,19-20H2,1-2H3,(H,31,35). The maximum absolute atomic E-state index is 13.4. The van der Waals surface area contributed by atoms with Crippen LogP contribution in [0.2, 0.25) is 0 Å². The molecule has 5 rings (SSSR count). The average Bonchev–Trinajstić information content (AvgIpc) is 3.62. The lowest BCUT2D eigenvalue weighted by molar-refractivity contribution is -0.117. The van der Waals surface area contributed by atoms with E-state index in [-0.39, 0.29) is 25.2 Å². The quantitative estimate of drug-likeness (QED) is 0.307. The number of anilines is 1. The Kier molecular flexibility index (Phi) is 7.77. The molecule has 1 aromatic heterocycles. The fourth-order valence-electron chi connectivity index (χ4n) is 4.31. The van der Waals surface area contributed by atoms with Crippen LogP contribution in [-0.4, -0.2) is 53.5 Å². The van der Waals surface area contributed by atoms with Crippen LogP contribution in [0.1, 0.15) is 30.1 Å². The Bertz CT molecular complexity index is 1450. The van der Waals surface area contributed by atoms with Crippen molar-refractivity contribution in [2.75, 3.05) is 32.3 Å². The first-order valence-electron chi connectivity index (χ1n) is 12.8. The van der Waals surface area contributed by atoms with E-state index in [1.165, 1.54) is 0 Å². The number of nitrogens with one attached hydrogen (secondary N) is 1. The topological polar surface area (TPSA) is 94.9 Å². The summed E-state index contributed by atoms with van der Waals surface area (Å²) in [6.45, 7) is 2.51. The summed E-state index contributed by atoms with van der Waals surface area (Å²) in [4.78, 5) is 28.3. The van der Waals surface area contributed by atoms with Crippen LogP contribution in [0.3, 0.4) is 0 Å². The highest BCUT2D eigenvalue weighted by atomic mass is 16.7. The number of benzene rings is 3. The molecular weight excluding hydrogens is 496 g/mol. The van der Waals surface area contributed by atoms with Crippen molar-refractivity contribution in [2.45, 2.75) is 19.8 Å². The highest BCUT2D eigenvalue weighted by Crippen LogP contribution is 2.33. The molecule has 1 aliphatic rings. The van der Waals surface area contributed by atoms with Gasteiger partial charge >= 0.3 is 0 Å². The van der Waals surface area contributed by atoms with Crippen molar-refractivity contribution in [1.29, 1.82) is 0 Å². The van der Waals surface area contributed by atoms with Crippen LogP contribution in [0.25, 0.3) is 16.9 Å². The summed E-state index contributed by atoms with van der Waals surface area (Å²) in [6.07, 6.45) is 1.66. The largest absolute Gasteiger partial charge is 0.497 e. The van der Waals surface area contributed by atoms with E-state index in [4.69, 9.17) is 19.3 Å². The SMILES string of the molecule is CCCCN(CC(=O)Nc1cc(-c2ccccc2)nn1-c1ccc(OC)cc1)C(=O)c1ccc2c(c1)OCO2. The van der Waals surface area contributed by atoms with E-state index in [0.717, 1.165) is 24.1 Å². The van der Waals surface area contributed by atoms with Crippen molar-refractivity contribution < 1.29 is 23.8 Å². The zero-order chi connectivity index (χ0) is 27.2. The molecule has 3 aromatic carbocycles. The van der Waals surface area contributed by atoms with Crippen molar-refractivity contribution in [3.8, 4) is 34.2 Å². The summed E-state index contributed by atoms with van der Waals surface area (Å²) in [5.41, 5.74) is 2.83. The Morgan fingerprint density at radius 3 is 2.51 bits per heavy atom. The first-order valence-corrected chi connectivity index (χ1v) is 12.8. The minimum absolute atomic E-state index is 0.109. The van der Waals surface area contributed by atoms with Gasteiger partial charge in [-0.2, -0.15) is 5.10 Å². The molecule has 1 N–H and O–H groups in total. The van der Waals surface area contributed by atoms with E-state index in [9.17, 15) is 9.59 Å². The van der Waals surface area contributed by atoms with E-state index >= 15 is 0 Å². The number of carbonyl (C=O) groups excluding carboxylic acids is 2. The van der Waals surface area contributed by atoms with Gasteiger partial charge in [0.05, 0.1) is 18.5 Å². The lowest BCUT2D eigenvalue weighted by atomic mass is 10.1. The lowest BCUT2D eigenvalue weighted by Crippen LogP contribution is -2.39. The molecule has 1 aliphatic heterocycles. The molecule has 4 aromatic rings. The molecule has 0 saturated heterocycles. The summed E-state index contributed by atoms with van der Waals surface area (Å²) in [5, 5.41) is 7.73. The van der Waals surface area contributed by atoms with Gasteiger partial charge in [-0.05, 0) is 48.9 Å². The molecule has 2 amide bonds. The van der Waals surface area contributed by atoms with Gasteiger partial charge in [-0.3, -0.25) is 9.59 Å². The second-order valence-corrected chi connectivity index (χ2v) is 9.09. The zero-order valence-electron chi connectivity index (χ0n) is 21.9. The molecule has 0 radical (unpaired) electrons. The van der Waals surface area contributed by atoms with Crippen LogP contribution in [0.5, 0.6) is 17.2 Å². The van der Waals surface area contributed by atoms with Gasteiger partial charge in [0.1, 0.15) is 18.1 Å². The molecule has 0 atom stereocenters. The Morgan fingerprint density at radius 2 is 1.77 bits per heavy atom. The Morgan fingerprint density at radius 1 is 1.00 bits per heavy atom. The second-order valence-electron chi connectivity index (χ2n) is 9.09. The highest BCUT2D eigenvalue weighted by molar-refractivity contribution is 5.99. The Balaban J connectivity index is 1.39. The van der Waals surface area contributed by atoms with Crippen molar-refractivity contribution in [1.82, 2.24) is 14.7 Å². The number of hydrogen-bond acceptors (Lipinski definition) is 6. The summed E-state index contributed by atoms with van der Waals surface area (Å²) >= 11 is 0. The average molecular weight is 527 g/mol. The third kappa shape index (κ3) is 5.87. The van der Waals surface area contributed by atoms with Gasteiger partial charge in [0.25, 0.3) is 5.91 Å². The van der Waals surface area contributed by atoms with Gasteiger partial charge < -0.3 is 24.4 Å². The smallest absolute Gasteiger partial charge is 0.254 e. The van der Waals surface area contributed by atoms with Crippen LogP contribution in [-0.2, 0) is 4.79 Å². The summed E-state index contributed by atoms with van der Waals surface area (Å²) in [7, 11) is 1.61. The van der Waals surface area contributed by atoms with Crippen LogP contribution < -0.4 is 19.5 Å². The minimum Gasteiger partial charge on any atom is -0.497 e. The van der Waals surface area contributed by atoms with Gasteiger partial charge in [-0.25, -0.2) is 4.68 Å². The zero-order valence-corrected chi connectivity index (χ0v) is 21.9. The minimum atomic E-state index is -0.325. The van der Waals surface area contributed by atoms with Crippen molar-refractivity contribution in [3.05, 3.63) is 84.4 Å². The van der Waals surface area contributed by atoms with Gasteiger partial charge in [0, 0.05) is 23.7 Å². The van der Waals surface area contributed by atoms with E-state index in [2.05, 4.69) is 5.32 Å². The number of amides is 2. The number of aromatic nitrogens is 2. The number of ether oxygens (including phenoxy) is 3. The molecule has 200 valence electrons. The summed E-state index contributed by atoms with van der Waals surface area (Å²) < 4.78 is 17.7. The van der Waals surface area contributed by atoms with E-state index in [0.29, 0.717) is 40.9 Å². The summed E-state index contributed by atoms with van der Waals surface area (Å²) in [5.74, 6) is 1.77. The number of carbonyl (C=O) groups is 2. The predicted molar refractivity (Wildman–Crippen MR) is 148 cm³/mol. The number of nitrogens with zero attached hydrogens (tertiary/aromatic N) is 3. The van der Waals surface area contributed by atoms with Crippen LogP contribution in [0.4, 0.5) is 5.82 Å². The molecule has 39 heavy (non-hydrogen) atoms. The normalized spacial score (nSPS) is 11.7. The van der Waals surface area contributed by atoms with Crippen LogP contribution in [0, 0.1) is 0 Å². The molecule has 0 unspecified atom stereocenters. The van der Waals surface area contributed by atoms with E-state index < -0.39 is 0 Å². The molecule has 0 saturated carbocycles. The number of hydrogen-bond donors (Lipinski definition) is 1. The van der Waals surface area contributed by atoms with Crippen LogP contribution in [0.15, 0.2) is 78.9 Å². The fourth-order valence-corrected chi connectivity index (χ4v) is 4.31. The van der Waals surface area contributed by atoms with E-state index in [1.807, 2.05) is 67.6 Å². The molecule has 0 aliphatic carbocycles. The number of unbranched alkanes of at least 4 members (excludes halogenated alkanes) is 1. The van der Waals surface area contributed by atoms with E-state index in [1.54, 1.807) is 34.9 Å². The Labute approximate surface area is 226 Å². The first-order chi connectivity index (χ1) is 19.1. The number of methoxy groups -OCH3 is 1. The predicted octanol–water partition coefficient (Wildman–Crippen LogP) is 5.16. The molecular formula is C30H30N4O5. The molecule has 9 nitrogen and oxygen atoms in total. The first kappa shape index (κ1) is 25.8. The third-order valence-corrected chi connectivity index (χ3v) is 6.39. The molecule has 2 heterocycles. The van der Waals surface area contributed by atoms with Crippen LogP contribution >= 0.6 is 0 Å². The third-order valence-electron chi connectivity index (χ3n) is 6.39. The molecule has 0 bridgehead atoms. The van der Waals surface area contributed by atoms with Crippen molar-refractivity contribution in [3.63, 3.8) is 0 Å². The lowest BCUT2D eigenvalue weighted by Gasteiger charge is -2.22. The Hall–Kier alpha value is -4.79. The monoisotopic (exact) mass is 526 g/mol.